The smallest absolute Gasteiger partial charge is 0.337 e. The first-order valence-electron chi connectivity index (χ1n) is 5.86. The maximum Gasteiger partial charge on any atom is 0.337 e. The standard InChI is InChI=1S/C12H10N6O2S/c1-20-11(19)6-2-3-14-7(4-6)21-12-17-8-9(13)15-5-16-10(8)18-12/h2-5H,1H3,(H3,13,15,16,17,18). The summed E-state index contributed by atoms with van der Waals surface area (Å²) in [6.07, 6.45) is 2.89. The maximum absolute atomic E-state index is 11.5. The number of nitrogens with two attached hydrogens (primary N) is 1. The number of imidazole rings is 1. The Morgan fingerprint density at radius 2 is 2.24 bits per heavy atom. The summed E-state index contributed by atoms with van der Waals surface area (Å²) < 4.78 is 4.67. The third-order valence-corrected chi connectivity index (χ3v) is 3.47. The number of nitrogens with one attached hydrogen (secondary N) is 1. The normalized spacial score (nSPS) is 10.7. The van der Waals surface area contributed by atoms with Crippen molar-refractivity contribution in [2.45, 2.75) is 10.2 Å². The molecule has 0 aliphatic rings. The Kier molecular flexibility index (Phi) is 3.40. The van der Waals surface area contributed by atoms with Crippen LogP contribution in [0.5, 0.6) is 0 Å². The molecule has 21 heavy (non-hydrogen) atoms. The van der Waals surface area contributed by atoms with E-state index in [-0.39, 0.29) is 0 Å². The molecule has 0 amide bonds. The van der Waals surface area contributed by atoms with E-state index in [0.29, 0.717) is 32.7 Å². The summed E-state index contributed by atoms with van der Waals surface area (Å²) in [5.41, 5.74) is 7.20. The molecule has 0 aromatic carbocycles. The molecule has 0 aliphatic carbocycles. The Labute approximate surface area is 123 Å². The first kappa shape index (κ1) is 13.3. The Balaban J connectivity index is 1.91. The van der Waals surface area contributed by atoms with Gasteiger partial charge in [-0.15, -0.1) is 0 Å². The molecule has 3 rings (SSSR count). The fraction of sp³-hybridized carbons (Fsp3) is 0.0833. The van der Waals surface area contributed by atoms with Crippen molar-refractivity contribution in [1.29, 1.82) is 0 Å². The average molecular weight is 302 g/mol. The number of aromatic nitrogens is 5. The minimum Gasteiger partial charge on any atom is -0.465 e. The number of hydrogen-bond acceptors (Lipinski definition) is 8. The monoisotopic (exact) mass is 302 g/mol. The summed E-state index contributed by atoms with van der Waals surface area (Å²) in [4.78, 5) is 30.9. The number of hydrogen-bond donors (Lipinski definition) is 2. The van der Waals surface area contributed by atoms with Gasteiger partial charge in [-0.05, 0) is 23.9 Å². The van der Waals surface area contributed by atoms with E-state index in [1.807, 2.05) is 0 Å². The van der Waals surface area contributed by atoms with Crippen LogP contribution < -0.4 is 5.73 Å². The number of carbonyl (C=O) groups is 1. The number of H-pyrrole nitrogens is 1. The zero-order valence-electron chi connectivity index (χ0n) is 10.9. The third-order valence-electron chi connectivity index (χ3n) is 2.65. The van der Waals surface area contributed by atoms with E-state index < -0.39 is 5.97 Å². The maximum atomic E-state index is 11.5. The van der Waals surface area contributed by atoms with Crippen LogP contribution in [-0.4, -0.2) is 38.0 Å². The Morgan fingerprint density at radius 3 is 3.00 bits per heavy atom. The van der Waals surface area contributed by atoms with Crippen LogP contribution in [0.2, 0.25) is 0 Å². The zero-order valence-corrected chi connectivity index (χ0v) is 11.7. The van der Waals surface area contributed by atoms with E-state index in [0.717, 1.165) is 0 Å². The van der Waals surface area contributed by atoms with Gasteiger partial charge in [0.15, 0.2) is 22.1 Å². The summed E-state index contributed by atoms with van der Waals surface area (Å²) in [6.45, 7) is 0. The van der Waals surface area contributed by atoms with Crippen molar-refractivity contribution < 1.29 is 9.53 Å². The van der Waals surface area contributed by atoms with Gasteiger partial charge < -0.3 is 15.5 Å². The highest BCUT2D eigenvalue weighted by Gasteiger charge is 2.11. The Morgan fingerprint density at radius 1 is 1.38 bits per heavy atom. The number of carbonyl (C=O) groups excluding carboxylic acids is 1. The number of fused-ring (bicyclic) bond motifs is 1. The van der Waals surface area contributed by atoms with Gasteiger partial charge in [0.1, 0.15) is 11.4 Å². The summed E-state index contributed by atoms with van der Waals surface area (Å²) in [5.74, 6) is -0.113. The van der Waals surface area contributed by atoms with Crippen LogP contribution >= 0.6 is 11.8 Å². The number of aromatic amines is 1. The number of pyridine rings is 1. The number of methoxy groups -OCH3 is 1. The first-order chi connectivity index (χ1) is 10.2. The van der Waals surface area contributed by atoms with E-state index in [2.05, 4.69) is 29.7 Å². The van der Waals surface area contributed by atoms with Crippen LogP contribution in [0.15, 0.2) is 34.8 Å². The lowest BCUT2D eigenvalue weighted by molar-refractivity contribution is 0.0600. The molecule has 0 fully saturated rings. The lowest BCUT2D eigenvalue weighted by Gasteiger charge is -2.01. The van der Waals surface area contributed by atoms with Crippen LogP contribution in [0, 0.1) is 0 Å². The molecule has 0 aliphatic heterocycles. The highest BCUT2D eigenvalue weighted by Crippen LogP contribution is 2.26. The van der Waals surface area contributed by atoms with Gasteiger partial charge in [0.2, 0.25) is 0 Å². The van der Waals surface area contributed by atoms with Crippen LogP contribution in [0.1, 0.15) is 10.4 Å². The molecule has 3 aromatic heterocycles. The number of nitrogens with zero attached hydrogens (tertiary/aromatic N) is 4. The molecule has 3 N–H and O–H groups in total. The molecule has 8 nitrogen and oxygen atoms in total. The summed E-state index contributed by atoms with van der Waals surface area (Å²) in [6, 6.07) is 3.21. The molecule has 0 atom stereocenters. The van der Waals surface area contributed by atoms with Crippen LogP contribution in [0.25, 0.3) is 11.2 Å². The van der Waals surface area contributed by atoms with Gasteiger partial charge >= 0.3 is 5.97 Å². The molecule has 0 saturated heterocycles. The van der Waals surface area contributed by atoms with Crippen LogP contribution in [-0.2, 0) is 4.74 Å². The van der Waals surface area contributed by atoms with Gasteiger partial charge in [0, 0.05) is 6.20 Å². The van der Waals surface area contributed by atoms with E-state index in [4.69, 9.17) is 5.73 Å². The predicted octanol–water partition coefficient (Wildman–Crippen LogP) is 1.27. The minimum absolute atomic E-state index is 0.305. The zero-order chi connectivity index (χ0) is 14.8. The third kappa shape index (κ3) is 2.63. The number of nitrogen functional groups attached to an aromatic ring is 1. The van der Waals surface area contributed by atoms with E-state index >= 15 is 0 Å². The van der Waals surface area contributed by atoms with E-state index in [1.54, 1.807) is 12.1 Å². The van der Waals surface area contributed by atoms with Gasteiger partial charge in [-0.2, -0.15) is 0 Å². The van der Waals surface area contributed by atoms with Crippen LogP contribution in [0.3, 0.4) is 0 Å². The minimum atomic E-state index is -0.418. The number of rotatable bonds is 3. The van der Waals surface area contributed by atoms with Gasteiger partial charge in [-0.25, -0.2) is 24.7 Å². The number of esters is 1. The lowest BCUT2D eigenvalue weighted by atomic mass is 10.3. The summed E-state index contributed by atoms with van der Waals surface area (Å²) >= 11 is 1.26. The Hall–Kier alpha value is -2.68. The van der Waals surface area contributed by atoms with Crippen molar-refractivity contribution in [3.63, 3.8) is 0 Å². The quantitative estimate of drug-likeness (QED) is 0.694. The van der Waals surface area contributed by atoms with Crippen molar-refractivity contribution in [3.05, 3.63) is 30.2 Å². The molecule has 9 heteroatoms. The van der Waals surface area contributed by atoms with Crippen molar-refractivity contribution in [2.75, 3.05) is 12.8 Å². The molecule has 0 unspecified atom stereocenters. The molecule has 0 saturated carbocycles. The van der Waals surface area contributed by atoms with Gasteiger partial charge in [0.05, 0.1) is 12.7 Å². The number of anilines is 1. The fourth-order valence-electron chi connectivity index (χ4n) is 1.68. The molecular weight excluding hydrogens is 292 g/mol. The van der Waals surface area contributed by atoms with Crippen molar-refractivity contribution in [3.8, 4) is 0 Å². The molecular formula is C12H10N6O2S. The second-order valence-electron chi connectivity index (χ2n) is 3.97. The predicted molar refractivity (Wildman–Crippen MR) is 75.8 cm³/mol. The molecule has 106 valence electrons. The summed E-state index contributed by atoms with van der Waals surface area (Å²) in [7, 11) is 1.33. The van der Waals surface area contributed by atoms with Gasteiger partial charge in [0.25, 0.3) is 0 Å². The largest absolute Gasteiger partial charge is 0.465 e. The van der Waals surface area contributed by atoms with Crippen molar-refractivity contribution in [2.24, 2.45) is 0 Å². The lowest BCUT2D eigenvalue weighted by Crippen LogP contribution is -2.01. The molecule has 3 aromatic rings. The highest BCUT2D eigenvalue weighted by atomic mass is 32.2. The summed E-state index contributed by atoms with van der Waals surface area (Å²) in [5, 5.41) is 1.16. The Bertz CT molecular complexity index is 818. The molecule has 0 radical (unpaired) electrons. The average Bonchev–Trinajstić information content (AvgIpc) is 2.90. The topological polar surface area (TPSA) is 120 Å². The van der Waals surface area contributed by atoms with Crippen LogP contribution in [0.4, 0.5) is 5.82 Å². The molecule has 3 heterocycles. The second kappa shape index (κ2) is 5.37. The fourth-order valence-corrected chi connectivity index (χ4v) is 2.46. The highest BCUT2D eigenvalue weighted by molar-refractivity contribution is 7.99. The first-order valence-corrected chi connectivity index (χ1v) is 6.67. The van der Waals surface area contributed by atoms with E-state index in [1.165, 1.54) is 31.4 Å². The van der Waals surface area contributed by atoms with Crippen molar-refractivity contribution in [1.82, 2.24) is 24.9 Å². The number of ether oxygens (including phenoxy) is 1. The van der Waals surface area contributed by atoms with E-state index in [9.17, 15) is 4.79 Å². The van der Waals surface area contributed by atoms with Gasteiger partial charge in [-0.3, -0.25) is 0 Å². The molecule has 0 bridgehead atoms. The SMILES string of the molecule is COC(=O)c1ccnc(Sc2nc3c(N)ncnc3[nH]2)c1. The van der Waals surface area contributed by atoms with Crippen molar-refractivity contribution >= 4 is 34.7 Å². The van der Waals surface area contributed by atoms with Gasteiger partial charge in [-0.1, -0.05) is 0 Å². The molecule has 0 spiro atoms. The second-order valence-corrected chi connectivity index (χ2v) is 4.98.